The zero-order chi connectivity index (χ0) is 13.3. The lowest BCUT2D eigenvalue weighted by atomic mass is 9.87. The van der Waals surface area contributed by atoms with Crippen molar-refractivity contribution in [1.82, 2.24) is 9.78 Å². The highest BCUT2D eigenvalue weighted by atomic mass is 79.9. The SMILES string of the molecule is CC(C)Cn1ncc(NC2CC(N)C2)c(Br)c1=O. The minimum absolute atomic E-state index is 0.0858. The maximum atomic E-state index is 12.1. The van der Waals surface area contributed by atoms with Gasteiger partial charge in [-0.2, -0.15) is 5.10 Å². The molecule has 18 heavy (non-hydrogen) atoms. The highest BCUT2D eigenvalue weighted by Gasteiger charge is 2.26. The third-order valence-corrected chi connectivity index (χ3v) is 3.82. The van der Waals surface area contributed by atoms with Crippen molar-refractivity contribution in [3.63, 3.8) is 0 Å². The summed E-state index contributed by atoms with van der Waals surface area (Å²) in [7, 11) is 0. The molecule has 0 spiro atoms. The Morgan fingerprint density at radius 2 is 2.28 bits per heavy atom. The summed E-state index contributed by atoms with van der Waals surface area (Å²) in [5, 5.41) is 7.49. The first kappa shape index (κ1) is 13.5. The molecule has 0 aliphatic heterocycles. The summed E-state index contributed by atoms with van der Waals surface area (Å²) in [6.07, 6.45) is 3.60. The molecule has 0 radical (unpaired) electrons. The molecule has 0 saturated heterocycles. The number of anilines is 1. The lowest BCUT2D eigenvalue weighted by Crippen LogP contribution is -2.44. The lowest BCUT2D eigenvalue weighted by Gasteiger charge is -2.33. The van der Waals surface area contributed by atoms with E-state index in [1.165, 1.54) is 4.68 Å². The summed E-state index contributed by atoms with van der Waals surface area (Å²) < 4.78 is 2.05. The van der Waals surface area contributed by atoms with Crippen LogP contribution in [0.15, 0.2) is 15.5 Å². The summed E-state index contributed by atoms with van der Waals surface area (Å²) in [5.74, 6) is 0.394. The fraction of sp³-hybridized carbons (Fsp3) is 0.667. The third kappa shape index (κ3) is 2.92. The predicted molar refractivity (Wildman–Crippen MR) is 75.7 cm³/mol. The number of nitrogens with two attached hydrogens (primary N) is 1. The van der Waals surface area contributed by atoms with Gasteiger partial charge in [0.15, 0.2) is 0 Å². The van der Waals surface area contributed by atoms with E-state index in [1.54, 1.807) is 6.20 Å². The molecule has 1 aliphatic rings. The van der Waals surface area contributed by atoms with Crippen molar-refractivity contribution in [2.75, 3.05) is 5.32 Å². The van der Waals surface area contributed by atoms with Crippen molar-refractivity contribution in [3.05, 3.63) is 21.0 Å². The molecular formula is C12H19BrN4O. The van der Waals surface area contributed by atoms with Crippen LogP contribution in [0.1, 0.15) is 26.7 Å². The first-order valence-electron chi connectivity index (χ1n) is 6.25. The van der Waals surface area contributed by atoms with E-state index in [2.05, 4.69) is 40.2 Å². The number of nitrogens with zero attached hydrogens (tertiary/aromatic N) is 2. The highest BCUT2D eigenvalue weighted by Crippen LogP contribution is 2.25. The van der Waals surface area contributed by atoms with E-state index in [1.807, 2.05) is 0 Å². The molecule has 0 atom stereocenters. The zero-order valence-corrected chi connectivity index (χ0v) is 12.3. The summed E-state index contributed by atoms with van der Waals surface area (Å²) >= 11 is 3.35. The van der Waals surface area contributed by atoms with E-state index in [9.17, 15) is 4.79 Å². The van der Waals surface area contributed by atoms with Gasteiger partial charge in [0.2, 0.25) is 0 Å². The van der Waals surface area contributed by atoms with Crippen molar-refractivity contribution >= 4 is 21.6 Å². The maximum Gasteiger partial charge on any atom is 0.283 e. The van der Waals surface area contributed by atoms with Gasteiger partial charge in [-0.3, -0.25) is 4.79 Å². The fourth-order valence-electron chi connectivity index (χ4n) is 2.04. The Hall–Kier alpha value is -0.880. The quantitative estimate of drug-likeness (QED) is 0.884. The van der Waals surface area contributed by atoms with Crippen molar-refractivity contribution in [3.8, 4) is 0 Å². The summed E-state index contributed by atoms with van der Waals surface area (Å²) in [5.41, 5.74) is 6.41. The zero-order valence-electron chi connectivity index (χ0n) is 10.7. The first-order chi connectivity index (χ1) is 8.47. The normalized spacial score (nSPS) is 22.9. The van der Waals surface area contributed by atoms with Crippen LogP contribution in [-0.4, -0.2) is 21.9 Å². The lowest BCUT2D eigenvalue weighted by molar-refractivity contribution is 0.373. The van der Waals surface area contributed by atoms with E-state index < -0.39 is 0 Å². The average Bonchev–Trinajstić information content (AvgIpc) is 2.26. The maximum absolute atomic E-state index is 12.1. The van der Waals surface area contributed by atoms with Crippen LogP contribution in [0.3, 0.4) is 0 Å². The van der Waals surface area contributed by atoms with E-state index in [0.717, 1.165) is 18.5 Å². The van der Waals surface area contributed by atoms with Gasteiger partial charge in [0, 0.05) is 18.6 Å². The molecule has 0 unspecified atom stereocenters. The molecule has 6 heteroatoms. The van der Waals surface area contributed by atoms with E-state index in [-0.39, 0.29) is 11.6 Å². The molecule has 1 aromatic heterocycles. The van der Waals surface area contributed by atoms with Crippen LogP contribution >= 0.6 is 15.9 Å². The Morgan fingerprint density at radius 1 is 1.61 bits per heavy atom. The van der Waals surface area contributed by atoms with Crippen molar-refractivity contribution in [2.24, 2.45) is 11.7 Å². The molecule has 0 bridgehead atoms. The molecule has 1 aliphatic carbocycles. The summed E-state index contributed by atoms with van der Waals surface area (Å²) in [6, 6.07) is 0.647. The fourth-order valence-corrected chi connectivity index (χ4v) is 2.46. The standard InChI is InChI=1S/C12H19BrN4O/c1-7(2)6-17-12(18)11(13)10(5-15-17)16-9-3-8(14)4-9/h5,7-9,16H,3-4,6,14H2,1-2H3. The molecular weight excluding hydrogens is 296 g/mol. The number of halogens is 1. The van der Waals surface area contributed by atoms with Gasteiger partial charge < -0.3 is 11.1 Å². The number of rotatable bonds is 4. The number of nitrogens with one attached hydrogen (secondary N) is 1. The Morgan fingerprint density at radius 3 is 2.83 bits per heavy atom. The molecule has 0 aromatic carbocycles. The Balaban J connectivity index is 2.13. The molecule has 100 valence electrons. The average molecular weight is 315 g/mol. The smallest absolute Gasteiger partial charge is 0.283 e. The van der Waals surface area contributed by atoms with Gasteiger partial charge in [-0.05, 0) is 34.7 Å². The van der Waals surface area contributed by atoms with Crippen molar-refractivity contribution < 1.29 is 0 Å². The molecule has 1 saturated carbocycles. The number of hydrogen-bond acceptors (Lipinski definition) is 4. The van der Waals surface area contributed by atoms with Gasteiger partial charge in [0.1, 0.15) is 4.47 Å². The largest absolute Gasteiger partial charge is 0.380 e. The second-order valence-electron chi connectivity index (χ2n) is 5.33. The third-order valence-electron chi connectivity index (χ3n) is 3.06. The summed E-state index contributed by atoms with van der Waals surface area (Å²) in [6.45, 7) is 4.75. The highest BCUT2D eigenvalue weighted by molar-refractivity contribution is 9.10. The van der Waals surface area contributed by atoms with E-state index >= 15 is 0 Å². The Bertz CT molecular complexity index is 479. The van der Waals surface area contributed by atoms with Gasteiger partial charge in [0.25, 0.3) is 5.56 Å². The van der Waals surface area contributed by atoms with Crippen LogP contribution in [0.5, 0.6) is 0 Å². The van der Waals surface area contributed by atoms with Crippen LogP contribution in [0.4, 0.5) is 5.69 Å². The van der Waals surface area contributed by atoms with Crippen LogP contribution in [0.25, 0.3) is 0 Å². The van der Waals surface area contributed by atoms with E-state index in [0.29, 0.717) is 23.0 Å². The molecule has 1 heterocycles. The topological polar surface area (TPSA) is 72.9 Å². The molecule has 0 amide bonds. The van der Waals surface area contributed by atoms with Crippen LogP contribution < -0.4 is 16.6 Å². The van der Waals surface area contributed by atoms with Crippen LogP contribution in [0.2, 0.25) is 0 Å². The number of hydrogen-bond donors (Lipinski definition) is 2. The van der Waals surface area contributed by atoms with Crippen LogP contribution in [-0.2, 0) is 6.54 Å². The van der Waals surface area contributed by atoms with Gasteiger partial charge in [-0.1, -0.05) is 13.8 Å². The van der Waals surface area contributed by atoms with Gasteiger partial charge in [-0.15, -0.1) is 0 Å². The number of aromatic nitrogens is 2. The Labute approximate surface area is 115 Å². The molecule has 1 fully saturated rings. The minimum Gasteiger partial charge on any atom is -0.380 e. The molecule has 1 aromatic rings. The second kappa shape index (κ2) is 5.40. The van der Waals surface area contributed by atoms with Gasteiger partial charge in [0.05, 0.1) is 11.9 Å². The van der Waals surface area contributed by atoms with Crippen molar-refractivity contribution in [1.29, 1.82) is 0 Å². The Kier molecular flexibility index (Phi) is 4.07. The molecule has 2 rings (SSSR count). The summed E-state index contributed by atoms with van der Waals surface area (Å²) in [4.78, 5) is 12.1. The molecule has 5 nitrogen and oxygen atoms in total. The predicted octanol–water partition coefficient (Wildman–Crippen LogP) is 1.56. The monoisotopic (exact) mass is 314 g/mol. The van der Waals surface area contributed by atoms with Gasteiger partial charge in [-0.25, -0.2) is 4.68 Å². The van der Waals surface area contributed by atoms with Crippen molar-refractivity contribution in [2.45, 2.75) is 45.3 Å². The second-order valence-corrected chi connectivity index (χ2v) is 6.12. The van der Waals surface area contributed by atoms with Crippen LogP contribution in [0, 0.1) is 5.92 Å². The van der Waals surface area contributed by atoms with E-state index in [4.69, 9.17) is 5.73 Å². The van der Waals surface area contributed by atoms with Gasteiger partial charge >= 0.3 is 0 Å². The molecule has 3 N–H and O–H groups in total. The first-order valence-corrected chi connectivity index (χ1v) is 7.04. The minimum atomic E-state index is -0.0858.